The van der Waals surface area contributed by atoms with E-state index in [1.807, 2.05) is 13.0 Å². The standard InChI is InChI=1S/C59H75ClN8O14/c1-9-17-34-24-44-59(78)82-33(6)49(66-51(70)41(27-37-25-39(37)57(76)80-7)61-52(71)43-22-23-45(60)68(43)79)55(74)65-47(31(4)35-18-13-11-14-19-35)53(72)62-42(28-38-26-40(38)58(77)81-8)50(69)64-48(32(5)36-20-15-12-16-21-36)54(73)63-46(30(3)10-2)56(75)67(44)29-34/h9,11-23,30-34,37-42,44,46-49,79H,10,24-29H2,1-8H3,(H,61,71)(H,62,72)(H,63,73)(H,64,69)(H,65,74)(H,66,70)/b17-9-/t30-,31+,32+,33+,34-,37-,38-,39+,40+,41-,42+,44-,46-,47?,48-,49+/m0/s1. The fourth-order valence-corrected chi connectivity index (χ4v) is 11.3. The highest BCUT2D eigenvalue weighted by molar-refractivity contribution is 6.30. The number of hydrogen-bond acceptors (Lipinski definition) is 14. The molecule has 2 aliphatic carbocycles. The Morgan fingerprint density at radius 3 is 1.85 bits per heavy atom. The number of aromatic nitrogens is 1. The van der Waals surface area contributed by atoms with Crippen molar-refractivity contribution in [3.63, 3.8) is 0 Å². The highest BCUT2D eigenvalue weighted by Crippen LogP contribution is 2.44. The third kappa shape index (κ3) is 14.6. The zero-order chi connectivity index (χ0) is 59.7. The molecule has 0 radical (unpaired) electrons. The Morgan fingerprint density at radius 2 is 1.30 bits per heavy atom. The number of cyclic esters (lactones) is 1. The summed E-state index contributed by atoms with van der Waals surface area (Å²) in [5.74, 6) is -12.7. The van der Waals surface area contributed by atoms with E-state index in [9.17, 15) is 29.2 Å². The fraction of sp³-hybridized carbons (Fsp3) is 0.525. The van der Waals surface area contributed by atoms with E-state index >= 15 is 24.0 Å². The van der Waals surface area contributed by atoms with Gasteiger partial charge < -0.3 is 56.2 Å². The summed E-state index contributed by atoms with van der Waals surface area (Å²) < 4.78 is 16.5. The second-order valence-electron chi connectivity index (χ2n) is 22.1. The SMILES string of the molecule is C/C=C\[C@H]1C[C@H]2C(=O)O[C@H](C)[C@@H](NC(=O)[C@H](C[C@@H]3C[C@H]3C(=O)OC)NC(=O)c3ccc(Cl)n3O)C(=O)NC([C@H](C)c3ccccc3)C(=O)N[C@H](C[C@@H]3C[C@H]3C(=O)OC)C(=O)N[C@@H]([C@H](C)c3ccccc3)C(=O)N[C@@H]([C@@H](C)CC)C(=O)N2C1. The van der Waals surface area contributed by atoms with Crippen LogP contribution in [0.1, 0.15) is 114 Å². The van der Waals surface area contributed by atoms with Gasteiger partial charge in [0.25, 0.3) is 5.91 Å². The van der Waals surface area contributed by atoms with E-state index in [0.29, 0.717) is 35.1 Å². The number of ether oxygens (including phenoxy) is 3. The first kappa shape index (κ1) is 61.9. The van der Waals surface area contributed by atoms with Gasteiger partial charge in [0.2, 0.25) is 35.4 Å². The van der Waals surface area contributed by atoms with Gasteiger partial charge in [-0.1, -0.05) is 119 Å². The number of carbonyl (C=O) groups excluding carboxylic acids is 10. The first-order chi connectivity index (χ1) is 39.1. The van der Waals surface area contributed by atoms with Gasteiger partial charge in [0.15, 0.2) is 0 Å². The van der Waals surface area contributed by atoms with E-state index < -0.39 is 149 Å². The first-order valence-corrected chi connectivity index (χ1v) is 28.3. The van der Waals surface area contributed by atoms with Crippen LogP contribution in [-0.4, -0.2) is 143 Å². The van der Waals surface area contributed by atoms with Crippen LogP contribution < -0.4 is 31.9 Å². The lowest BCUT2D eigenvalue weighted by molar-refractivity contribution is -0.161. The van der Waals surface area contributed by atoms with Crippen LogP contribution >= 0.6 is 11.6 Å². The number of esters is 3. The second kappa shape index (κ2) is 27.3. The molecule has 1 unspecified atom stereocenters. The molecule has 4 aliphatic rings. The molecule has 82 heavy (non-hydrogen) atoms. The van der Waals surface area contributed by atoms with Gasteiger partial charge in [-0.2, -0.15) is 4.73 Å². The van der Waals surface area contributed by atoms with Crippen LogP contribution in [0, 0.1) is 35.5 Å². The largest absolute Gasteiger partial charge is 0.469 e. The van der Waals surface area contributed by atoms with E-state index in [-0.39, 0.29) is 42.6 Å². The van der Waals surface area contributed by atoms with Crippen molar-refractivity contribution < 1.29 is 67.4 Å². The molecule has 1 aromatic heterocycles. The van der Waals surface area contributed by atoms with Crippen LogP contribution in [-0.2, 0) is 57.4 Å². The molecular weight excluding hydrogens is 1080 g/mol. The van der Waals surface area contributed by atoms with Crippen molar-refractivity contribution in [2.75, 3.05) is 20.8 Å². The van der Waals surface area contributed by atoms with Crippen molar-refractivity contribution in [2.45, 2.75) is 140 Å². The maximum absolute atomic E-state index is 15.3. The lowest BCUT2D eigenvalue weighted by atomic mass is 9.90. The zero-order valence-electron chi connectivity index (χ0n) is 47.3. The average Bonchev–Trinajstić information content (AvgIpc) is 4.46. The maximum Gasteiger partial charge on any atom is 0.329 e. The average molecular weight is 1160 g/mol. The Labute approximate surface area is 481 Å². The summed E-state index contributed by atoms with van der Waals surface area (Å²) in [7, 11) is 2.46. The minimum Gasteiger partial charge on any atom is -0.469 e. The molecule has 442 valence electrons. The summed E-state index contributed by atoms with van der Waals surface area (Å²) in [6.45, 7) is 10.1. The first-order valence-electron chi connectivity index (χ1n) is 27.9. The van der Waals surface area contributed by atoms with E-state index in [1.54, 1.807) is 94.4 Å². The minimum atomic E-state index is -1.86. The molecule has 2 saturated carbocycles. The van der Waals surface area contributed by atoms with Crippen LogP contribution in [0.3, 0.4) is 0 Å². The molecule has 0 bridgehead atoms. The van der Waals surface area contributed by atoms with Crippen molar-refractivity contribution in [1.82, 2.24) is 41.5 Å². The summed E-state index contributed by atoms with van der Waals surface area (Å²) in [6.07, 6.45) is 2.84. The molecule has 2 aliphatic heterocycles. The Morgan fingerprint density at radius 1 is 0.756 bits per heavy atom. The van der Waals surface area contributed by atoms with E-state index in [2.05, 4.69) is 31.9 Å². The number of methoxy groups -OCH3 is 2. The van der Waals surface area contributed by atoms with Crippen LogP contribution in [0.4, 0.5) is 0 Å². The molecule has 7 amide bonds. The minimum absolute atomic E-state index is 0.0289. The van der Waals surface area contributed by atoms with Crippen LogP contribution in [0.25, 0.3) is 0 Å². The van der Waals surface area contributed by atoms with Gasteiger partial charge in [-0.3, -0.25) is 43.2 Å². The molecule has 23 heteroatoms. The number of carbonyl (C=O) groups is 10. The molecule has 2 aromatic carbocycles. The van der Waals surface area contributed by atoms with Crippen molar-refractivity contribution in [3.05, 3.63) is 107 Å². The second-order valence-corrected chi connectivity index (χ2v) is 22.4. The Balaban J connectivity index is 1.34. The molecule has 3 heterocycles. The number of allylic oxidation sites excluding steroid dienone is 1. The van der Waals surface area contributed by atoms with Crippen molar-refractivity contribution in [2.24, 2.45) is 35.5 Å². The number of rotatable bonds is 17. The molecule has 0 spiro atoms. The molecule has 4 fully saturated rings. The number of halogens is 1. The predicted molar refractivity (Wildman–Crippen MR) is 297 cm³/mol. The maximum atomic E-state index is 15.3. The van der Waals surface area contributed by atoms with Crippen LogP contribution in [0.5, 0.6) is 0 Å². The lowest BCUT2D eigenvalue weighted by Gasteiger charge is -2.34. The molecule has 7 N–H and O–H groups in total. The highest BCUT2D eigenvalue weighted by atomic mass is 35.5. The van der Waals surface area contributed by atoms with Gasteiger partial charge >= 0.3 is 17.9 Å². The number of amides is 7. The Hall–Kier alpha value is -7.75. The van der Waals surface area contributed by atoms with Crippen LogP contribution in [0.2, 0.25) is 5.15 Å². The third-order valence-corrected chi connectivity index (χ3v) is 16.8. The normalized spacial score (nSPS) is 28.6. The summed E-state index contributed by atoms with van der Waals surface area (Å²) >= 11 is 6.04. The van der Waals surface area contributed by atoms with Gasteiger partial charge in [0.05, 0.1) is 26.1 Å². The van der Waals surface area contributed by atoms with Gasteiger partial charge in [0, 0.05) is 18.4 Å². The quantitative estimate of drug-likeness (QED) is 0.0439. The number of nitrogens with one attached hydrogen (secondary N) is 6. The summed E-state index contributed by atoms with van der Waals surface area (Å²) in [5.41, 5.74) is 0.865. The third-order valence-electron chi connectivity index (χ3n) is 16.5. The van der Waals surface area contributed by atoms with Crippen LogP contribution in [0.15, 0.2) is 84.9 Å². The number of benzene rings is 2. The van der Waals surface area contributed by atoms with Gasteiger partial charge in [-0.05, 0) is 92.9 Å². The molecule has 2 saturated heterocycles. The van der Waals surface area contributed by atoms with Crippen molar-refractivity contribution in [1.29, 1.82) is 0 Å². The van der Waals surface area contributed by atoms with Crippen molar-refractivity contribution >= 4 is 70.9 Å². The molecule has 16 atom stereocenters. The predicted octanol–water partition coefficient (Wildman–Crippen LogP) is 3.69. The topological polar surface area (TPSA) is 299 Å². The molecule has 3 aromatic rings. The number of hydrogen-bond donors (Lipinski definition) is 7. The molecule has 7 rings (SSSR count). The van der Waals surface area contributed by atoms with Gasteiger partial charge in [-0.25, -0.2) is 4.79 Å². The smallest absolute Gasteiger partial charge is 0.329 e. The zero-order valence-corrected chi connectivity index (χ0v) is 48.1. The summed E-state index contributed by atoms with van der Waals surface area (Å²) in [5, 5.41) is 27.0. The van der Waals surface area contributed by atoms with Gasteiger partial charge in [-0.15, -0.1) is 0 Å². The lowest BCUT2D eigenvalue weighted by Crippen LogP contribution is -2.62. The summed E-state index contributed by atoms with van der Waals surface area (Å²) in [6, 6.07) is 9.72. The highest BCUT2D eigenvalue weighted by Gasteiger charge is 2.50. The van der Waals surface area contributed by atoms with E-state index in [4.69, 9.17) is 25.8 Å². The van der Waals surface area contributed by atoms with E-state index in [1.165, 1.54) is 38.2 Å². The molecular formula is C59H75ClN8O14. The van der Waals surface area contributed by atoms with Gasteiger partial charge in [0.1, 0.15) is 59.2 Å². The Bertz CT molecular complexity index is 2890. The molecule has 22 nitrogen and oxygen atoms in total. The number of nitrogens with zero attached hydrogens (tertiary/aromatic N) is 2. The summed E-state index contributed by atoms with van der Waals surface area (Å²) in [4.78, 5) is 146. The van der Waals surface area contributed by atoms with Crippen molar-refractivity contribution in [3.8, 4) is 0 Å². The van der Waals surface area contributed by atoms with E-state index in [0.717, 1.165) is 0 Å². The fourth-order valence-electron chi connectivity index (χ4n) is 11.1. The Kier molecular flexibility index (Phi) is 20.6. The monoisotopic (exact) mass is 1150 g/mol. The number of fused-ring (bicyclic) bond motifs is 1.